The van der Waals surface area contributed by atoms with Gasteiger partial charge in [0.1, 0.15) is 0 Å². The highest BCUT2D eigenvalue weighted by Crippen LogP contribution is 2.15. The van der Waals surface area contributed by atoms with Crippen molar-refractivity contribution in [3.63, 3.8) is 0 Å². The lowest BCUT2D eigenvalue weighted by Crippen LogP contribution is -2.14. The summed E-state index contributed by atoms with van der Waals surface area (Å²) in [5, 5.41) is 5.50. The van der Waals surface area contributed by atoms with E-state index in [1.165, 1.54) is 6.08 Å². The monoisotopic (exact) mass is 310 g/mol. The molecule has 2 amide bonds. The summed E-state index contributed by atoms with van der Waals surface area (Å²) < 4.78 is 0. The predicted octanol–water partition coefficient (Wildman–Crippen LogP) is 4.22. The van der Waals surface area contributed by atoms with Crippen LogP contribution < -0.4 is 10.6 Å². The summed E-state index contributed by atoms with van der Waals surface area (Å²) in [6.45, 7) is 10.9. The van der Waals surface area contributed by atoms with Crippen LogP contribution in [0.5, 0.6) is 0 Å². The molecule has 0 bridgehead atoms. The maximum atomic E-state index is 12.1. The van der Waals surface area contributed by atoms with E-state index in [1.807, 2.05) is 19.9 Å². The Kier molecular flexibility index (Phi) is 7.27. The molecule has 0 spiro atoms. The highest BCUT2D eigenvalue weighted by Gasteiger charge is 2.07. The molecule has 0 aliphatic heterocycles. The van der Waals surface area contributed by atoms with E-state index in [0.717, 1.165) is 6.42 Å². The number of allylic oxidation sites excluding steroid dienone is 2. The average molecular weight is 310 g/mol. The Morgan fingerprint density at radius 1 is 1.09 bits per heavy atom. The minimum Gasteiger partial charge on any atom is -0.322 e. The zero-order chi connectivity index (χ0) is 17.2. The zero-order valence-electron chi connectivity index (χ0n) is 13.6. The highest BCUT2D eigenvalue weighted by atomic mass is 16.2. The van der Waals surface area contributed by atoms with Crippen molar-refractivity contribution in [3.8, 4) is 0 Å². The van der Waals surface area contributed by atoms with Crippen molar-refractivity contribution in [1.29, 1.82) is 0 Å². The molecule has 23 heavy (non-hydrogen) atoms. The number of hydrogen-bond acceptors (Lipinski definition) is 2. The van der Waals surface area contributed by atoms with Crippen LogP contribution >= 0.6 is 0 Å². The van der Waals surface area contributed by atoms with Crippen LogP contribution in [0.2, 0.25) is 0 Å². The Morgan fingerprint density at radius 2 is 1.61 bits per heavy atom. The van der Waals surface area contributed by atoms with Gasteiger partial charge in [-0.15, -0.1) is 0 Å². The summed E-state index contributed by atoms with van der Waals surface area (Å²) in [6.07, 6.45) is 7.75. The number of anilines is 2. The van der Waals surface area contributed by atoms with E-state index < -0.39 is 0 Å². The maximum Gasteiger partial charge on any atom is 0.255 e. The number of amides is 2. The second kappa shape index (κ2) is 9.20. The van der Waals surface area contributed by atoms with Crippen LogP contribution in [-0.4, -0.2) is 11.8 Å². The molecule has 0 unspecified atom stereocenters. The molecule has 0 aliphatic carbocycles. The van der Waals surface area contributed by atoms with Crippen LogP contribution in [0.15, 0.2) is 72.9 Å². The minimum absolute atomic E-state index is 0.172. The molecule has 1 rings (SSSR count). The normalized spacial score (nSPS) is 11.1. The zero-order valence-corrected chi connectivity index (χ0v) is 13.6. The standard InChI is InChI=1S/C19H22N2O2/c1-5-8-9-15(7-3)19(23)21-17-12-10-16(11-13-17)20-18(22)14(4)6-2/h6-13H,2,4-5H2,1,3H3,(H,20,22)(H,21,23)/b9-8-,15-7+. The van der Waals surface area contributed by atoms with Gasteiger partial charge in [0.15, 0.2) is 0 Å². The van der Waals surface area contributed by atoms with Crippen LogP contribution in [0.4, 0.5) is 11.4 Å². The van der Waals surface area contributed by atoms with E-state index in [1.54, 1.807) is 36.4 Å². The lowest BCUT2D eigenvalue weighted by molar-refractivity contribution is -0.113. The van der Waals surface area contributed by atoms with Gasteiger partial charge in [0.2, 0.25) is 0 Å². The smallest absolute Gasteiger partial charge is 0.255 e. The average Bonchev–Trinajstić information content (AvgIpc) is 2.56. The fourth-order valence-electron chi connectivity index (χ4n) is 1.69. The molecule has 1 aromatic rings. The lowest BCUT2D eigenvalue weighted by atomic mass is 10.2. The molecule has 4 nitrogen and oxygen atoms in total. The third kappa shape index (κ3) is 5.79. The molecule has 0 aromatic heterocycles. The van der Waals surface area contributed by atoms with Crippen LogP contribution in [0, 0.1) is 0 Å². The third-order valence-electron chi connectivity index (χ3n) is 3.04. The molecule has 0 aliphatic rings. The summed E-state index contributed by atoms with van der Waals surface area (Å²) >= 11 is 0. The number of nitrogens with one attached hydrogen (secondary N) is 2. The number of benzene rings is 1. The SMILES string of the molecule is C=CC(=C)C(=O)Nc1ccc(NC(=O)C(/C=C\CC)=C/C)cc1. The number of carbonyl (C=O) groups is 2. The van der Waals surface area contributed by atoms with Gasteiger partial charge in [0.05, 0.1) is 0 Å². The summed E-state index contributed by atoms with van der Waals surface area (Å²) in [7, 11) is 0. The first-order valence-electron chi connectivity index (χ1n) is 7.38. The van der Waals surface area contributed by atoms with Gasteiger partial charge in [-0.25, -0.2) is 0 Å². The van der Waals surface area contributed by atoms with Gasteiger partial charge in [0, 0.05) is 22.5 Å². The van der Waals surface area contributed by atoms with Crippen LogP contribution in [0.25, 0.3) is 0 Å². The van der Waals surface area contributed by atoms with E-state index in [9.17, 15) is 9.59 Å². The van der Waals surface area contributed by atoms with Crippen molar-refractivity contribution in [2.75, 3.05) is 10.6 Å². The fraction of sp³-hybridized carbons (Fsp3) is 0.158. The second-order valence-corrected chi connectivity index (χ2v) is 4.77. The van der Waals surface area contributed by atoms with Crippen LogP contribution in [0.1, 0.15) is 20.3 Å². The molecule has 0 radical (unpaired) electrons. The Morgan fingerprint density at radius 3 is 2.04 bits per heavy atom. The van der Waals surface area contributed by atoms with E-state index in [-0.39, 0.29) is 11.8 Å². The van der Waals surface area contributed by atoms with Crippen LogP contribution in [0.3, 0.4) is 0 Å². The Bertz CT molecular complexity index is 652. The third-order valence-corrected chi connectivity index (χ3v) is 3.04. The lowest BCUT2D eigenvalue weighted by Gasteiger charge is -2.08. The number of hydrogen-bond donors (Lipinski definition) is 2. The topological polar surface area (TPSA) is 58.2 Å². The van der Waals surface area contributed by atoms with Gasteiger partial charge >= 0.3 is 0 Å². The Balaban J connectivity index is 2.72. The maximum absolute atomic E-state index is 12.1. The van der Waals surface area contributed by atoms with Crippen molar-refractivity contribution in [1.82, 2.24) is 0 Å². The molecule has 2 N–H and O–H groups in total. The first-order chi connectivity index (χ1) is 11.0. The first kappa shape index (κ1) is 18.2. The quantitative estimate of drug-likeness (QED) is 0.585. The van der Waals surface area contributed by atoms with Gasteiger partial charge in [-0.2, -0.15) is 0 Å². The van der Waals surface area contributed by atoms with E-state index in [4.69, 9.17) is 0 Å². The molecule has 4 heteroatoms. The van der Waals surface area contributed by atoms with Gasteiger partial charge in [-0.3, -0.25) is 9.59 Å². The molecular weight excluding hydrogens is 288 g/mol. The van der Waals surface area contributed by atoms with Crippen molar-refractivity contribution >= 4 is 23.2 Å². The van der Waals surface area contributed by atoms with Gasteiger partial charge in [0.25, 0.3) is 11.8 Å². The fourth-order valence-corrected chi connectivity index (χ4v) is 1.69. The predicted molar refractivity (Wildman–Crippen MR) is 96.2 cm³/mol. The molecule has 0 saturated carbocycles. The molecular formula is C19H22N2O2. The Labute approximate surface area is 137 Å². The van der Waals surface area contributed by atoms with E-state index in [2.05, 4.69) is 23.8 Å². The number of carbonyl (C=O) groups excluding carboxylic acids is 2. The van der Waals surface area contributed by atoms with Gasteiger partial charge < -0.3 is 10.6 Å². The Hall–Kier alpha value is -2.88. The molecule has 120 valence electrons. The summed E-state index contributed by atoms with van der Waals surface area (Å²) in [6, 6.07) is 6.87. The van der Waals surface area contributed by atoms with Gasteiger partial charge in [-0.1, -0.05) is 44.4 Å². The van der Waals surface area contributed by atoms with Crippen molar-refractivity contribution in [2.45, 2.75) is 20.3 Å². The van der Waals surface area contributed by atoms with Gasteiger partial charge in [-0.05, 0) is 37.6 Å². The second-order valence-electron chi connectivity index (χ2n) is 4.77. The molecule has 0 heterocycles. The van der Waals surface area contributed by atoms with E-state index >= 15 is 0 Å². The number of rotatable bonds is 7. The molecule has 0 saturated heterocycles. The molecule has 0 fully saturated rings. The van der Waals surface area contributed by atoms with Crippen molar-refractivity contribution in [3.05, 3.63) is 72.9 Å². The summed E-state index contributed by atoms with van der Waals surface area (Å²) in [5.41, 5.74) is 2.17. The summed E-state index contributed by atoms with van der Waals surface area (Å²) in [4.78, 5) is 23.8. The van der Waals surface area contributed by atoms with Crippen LogP contribution in [-0.2, 0) is 9.59 Å². The molecule has 1 aromatic carbocycles. The summed E-state index contributed by atoms with van der Waals surface area (Å²) in [5.74, 6) is -0.480. The minimum atomic E-state index is -0.308. The largest absolute Gasteiger partial charge is 0.322 e. The van der Waals surface area contributed by atoms with Crippen molar-refractivity contribution in [2.24, 2.45) is 0 Å². The van der Waals surface area contributed by atoms with Crippen molar-refractivity contribution < 1.29 is 9.59 Å². The first-order valence-corrected chi connectivity index (χ1v) is 7.38. The molecule has 0 atom stereocenters. The highest BCUT2D eigenvalue weighted by molar-refractivity contribution is 6.06. The van der Waals surface area contributed by atoms with E-state index in [0.29, 0.717) is 22.5 Å².